The number of aromatic hydroxyl groups is 1. The van der Waals surface area contributed by atoms with Gasteiger partial charge in [0.15, 0.2) is 11.5 Å². The molecule has 6 rings (SSSR count). The van der Waals surface area contributed by atoms with Crippen molar-refractivity contribution in [3.05, 3.63) is 107 Å². The van der Waals surface area contributed by atoms with Gasteiger partial charge in [0.05, 0.1) is 12.1 Å². The van der Waals surface area contributed by atoms with Gasteiger partial charge in [-0.1, -0.05) is 54.6 Å². The fraction of sp³-hybridized carbons (Fsp3) is 0.250. The average molecular weight is 506 g/mol. The van der Waals surface area contributed by atoms with Gasteiger partial charge in [0, 0.05) is 29.8 Å². The van der Waals surface area contributed by atoms with Gasteiger partial charge < -0.3 is 15.6 Å². The number of phenols is 1. The van der Waals surface area contributed by atoms with Gasteiger partial charge >= 0.3 is 0 Å². The van der Waals surface area contributed by atoms with Gasteiger partial charge in [0.1, 0.15) is 5.75 Å². The van der Waals surface area contributed by atoms with E-state index in [1.54, 1.807) is 6.07 Å². The molecule has 1 fully saturated rings. The molecule has 1 saturated heterocycles. The highest BCUT2D eigenvalue weighted by molar-refractivity contribution is 5.81. The molecule has 1 unspecified atom stereocenters. The molecule has 6 nitrogen and oxygen atoms in total. The lowest BCUT2D eigenvalue weighted by atomic mass is 9.74. The number of ether oxygens (including phenoxy) is 1. The molecular formula is C32H31N3O3. The first-order valence-electron chi connectivity index (χ1n) is 13.2. The Morgan fingerprint density at radius 3 is 2.58 bits per heavy atom. The number of phenolic OH excluding ortho intramolecular Hbond substituents is 1. The zero-order valence-electron chi connectivity index (χ0n) is 21.2. The van der Waals surface area contributed by atoms with E-state index >= 15 is 0 Å². The Balaban J connectivity index is 1.32. The van der Waals surface area contributed by atoms with Crippen LogP contribution in [0.15, 0.2) is 85.1 Å². The molecule has 0 aliphatic carbocycles. The molecule has 3 aromatic carbocycles. The first-order chi connectivity index (χ1) is 18.6. The summed E-state index contributed by atoms with van der Waals surface area (Å²) < 4.78 is 6.35. The topological polar surface area (TPSA) is 88.7 Å². The number of hydrogen-bond donors (Lipinski definition) is 2. The number of nitrogens with zero attached hydrogens (tertiary/aromatic N) is 2. The number of amides is 1. The predicted octanol–water partition coefficient (Wildman–Crippen LogP) is 5.63. The van der Waals surface area contributed by atoms with E-state index in [4.69, 9.17) is 10.5 Å². The second kappa shape index (κ2) is 10.3. The van der Waals surface area contributed by atoms with Crippen molar-refractivity contribution in [2.24, 2.45) is 11.7 Å². The second-order valence-electron chi connectivity index (χ2n) is 10.3. The van der Waals surface area contributed by atoms with Crippen LogP contribution >= 0.6 is 0 Å². The number of carbonyl (C=O) groups is 1. The monoisotopic (exact) mass is 505 g/mol. The normalized spacial score (nSPS) is 17.3. The zero-order chi connectivity index (χ0) is 26.1. The van der Waals surface area contributed by atoms with Crippen molar-refractivity contribution < 1.29 is 14.6 Å². The number of primary amides is 1. The van der Waals surface area contributed by atoms with E-state index in [0.717, 1.165) is 71.7 Å². The van der Waals surface area contributed by atoms with Gasteiger partial charge in [-0.25, -0.2) is 0 Å². The number of para-hydroxylation sites is 1. The average Bonchev–Trinajstić information content (AvgIpc) is 2.93. The summed E-state index contributed by atoms with van der Waals surface area (Å²) in [5.41, 5.74) is 11.6. The molecule has 2 aliphatic rings. The lowest BCUT2D eigenvalue weighted by molar-refractivity contribution is -0.117. The van der Waals surface area contributed by atoms with Crippen LogP contribution in [0.1, 0.15) is 41.1 Å². The first kappa shape index (κ1) is 24.2. The number of pyridine rings is 1. The van der Waals surface area contributed by atoms with E-state index in [2.05, 4.69) is 34.1 Å². The number of carbonyl (C=O) groups excluding carboxylic acids is 1. The zero-order valence-corrected chi connectivity index (χ0v) is 21.2. The van der Waals surface area contributed by atoms with Gasteiger partial charge in [-0.2, -0.15) is 0 Å². The van der Waals surface area contributed by atoms with E-state index in [-0.39, 0.29) is 24.0 Å². The van der Waals surface area contributed by atoms with Gasteiger partial charge in [-0.3, -0.25) is 14.7 Å². The summed E-state index contributed by atoms with van der Waals surface area (Å²) in [5, 5.41) is 10.7. The van der Waals surface area contributed by atoms with Crippen LogP contribution in [0.5, 0.6) is 17.2 Å². The Hall–Kier alpha value is -4.16. The van der Waals surface area contributed by atoms with E-state index in [0.29, 0.717) is 11.7 Å². The summed E-state index contributed by atoms with van der Waals surface area (Å²) >= 11 is 0. The Morgan fingerprint density at radius 2 is 1.79 bits per heavy atom. The highest BCUT2D eigenvalue weighted by atomic mass is 16.5. The van der Waals surface area contributed by atoms with Crippen LogP contribution in [-0.2, 0) is 17.8 Å². The van der Waals surface area contributed by atoms with Crippen molar-refractivity contribution in [3.63, 3.8) is 0 Å². The SMILES string of the molecule is NC(=O)Cc1ccccc1-c1ccc2c(c1)Oc1c(O)cccc1C2C1CCN(Cc2ccccn2)CC1. The minimum atomic E-state index is -0.361. The first-order valence-corrected chi connectivity index (χ1v) is 13.2. The molecule has 192 valence electrons. The largest absolute Gasteiger partial charge is 0.504 e. The standard InChI is InChI=1S/C32H31N3O3/c33-30(37)19-22-6-1-2-8-25(22)23-11-12-26-29(18-23)38-32-27(9-5-10-28(32)36)31(26)21-13-16-35(17-14-21)20-24-7-3-4-15-34-24/h1-12,15,18,21,31,36H,13-14,16-17,19-20H2,(H2,33,37). The summed E-state index contributed by atoms with van der Waals surface area (Å²) in [6.45, 7) is 2.87. The van der Waals surface area contributed by atoms with Crippen LogP contribution in [0.25, 0.3) is 11.1 Å². The Labute approximate surface area is 222 Å². The summed E-state index contributed by atoms with van der Waals surface area (Å²) in [7, 11) is 0. The quantitative estimate of drug-likeness (QED) is 0.354. The number of fused-ring (bicyclic) bond motifs is 2. The second-order valence-corrected chi connectivity index (χ2v) is 10.3. The predicted molar refractivity (Wildman–Crippen MR) is 147 cm³/mol. The lowest BCUT2D eigenvalue weighted by Crippen LogP contribution is -2.36. The molecule has 0 saturated carbocycles. The summed E-state index contributed by atoms with van der Waals surface area (Å²) in [5.74, 6) is 1.65. The number of nitrogens with two attached hydrogens (primary N) is 1. The van der Waals surface area contributed by atoms with Crippen molar-refractivity contribution in [1.82, 2.24) is 9.88 Å². The fourth-order valence-corrected chi connectivity index (χ4v) is 6.04. The third kappa shape index (κ3) is 4.75. The Kier molecular flexibility index (Phi) is 6.56. The molecule has 0 spiro atoms. The molecule has 38 heavy (non-hydrogen) atoms. The molecule has 0 radical (unpaired) electrons. The van der Waals surface area contributed by atoms with E-state index < -0.39 is 0 Å². The van der Waals surface area contributed by atoms with Crippen molar-refractivity contribution in [3.8, 4) is 28.4 Å². The Morgan fingerprint density at radius 1 is 0.974 bits per heavy atom. The summed E-state index contributed by atoms with van der Waals surface area (Å²) in [6, 6.07) is 25.9. The molecule has 3 N–H and O–H groups in total. The van der Waals surface area contributed by atoms with Crippen LogP contribution in [-0.4, -0.2) is 34.0 Å². The van der Waals surface area contributed by atoms with Crippen LogP contribution < -0.4 is 10.5 Å². The fourth-order valence-electron chi connectivity index (χ4n) is 6.04. The molecule has 1 amide bonds. The van der Waals surface area contributed by atoms with Crippen molar-refractivity contribution >= 4 is 5.91 Å². The summed E-state index contributed by atoms with van der Waals surface area (Å²) in [4.78, 5) is 18.6. The third-order valence-corrected chi connectivity index (χ3v) is 7.83. The van der Waals surface area contributed by atoms with Crippen LogP contribution in [0, 0.1) is 5.92 Å². The van der Waals surface area contributed by atoms with Gasteiger partial charge in [0.25, 0.3) is 0 Å². The molecule has 2 aliphatic heterocycles. The highest BCUT2D eigenvalue weighted by Crippen LogP contribution is 2.53. The molecule has 3 heterocycles. The molecule has 0 bridgehead atoms. The maximum Gasteiger partial charge on any atom is 0.221 e. The number of aromatic nitrogens is 1. The molecular weight excluding hydrogens is 474 g/mol. The molecule has 4 aromatic rings. The van der Waals surface area contributed by atoms with Gasteiger partial charge in [0.2, 0.25) is 5.91 Å². The minimum absolute atomic E-state index is 0.132. The van der Waals surface area contributed by atoms with Gasteiger partial charge in [-0.05, 0) is 72.8 Å². The smallest absolute Gasteiger partial charge is 0.221 e. The highest BCUT2D eigenvalue weighted by Gasteiger charge is 2.36. The van der Waals surface area contributed by atoms with E-state index in [1.807, 2.05) is 54.7 Å². The maximum atomic E-state index is 11.7. The minimum Gasteiger partial charge on any atom is -0.504 e. The Bertz CT molecular complexity index is 1460. The van der Waals surface area contributed by atoms with Crippen LogP contribution in [0.3, 0.4) is 0 Å². The number of benzene rings is 3. The molecule has 6 heteroatoms. The molecule has 1 aromatic heterocycles. The number of likely N-dealkylation sites (tertiary alicyclic amines) is 1. The summed E-state index contributed by atoms with van der Waals surface area (Å²) in [6.07, 6.45) is 4.13. The number of rotatable bonds is 6. The van der Waals surface area contributed by atoms with Crippen molar-refractivity contribution in [1.29, 1.82) is 0 Å². The maximum absolute atomic E-state index is 11.7. The van der Waals surface area contributed by atoms with Crippen molar-refractivity contribution in [2.45, 2.75) is 31.7 Å². The number of hydrogen-bond acceptors (Lipinski definition) is 5. The van der Waals surface area contributed by atoms with E-state index in [1.165, 1.54) is 0 Å². The molecule has 1 atom stereocenters. The number of piperidine rings is 1. The third-order valence-electron chi connectivity index (χ3n) is 7.83. The van der Waals surface area contributed by atoms with Crippen LogP contribution in [0.2, 0.25) is 0 Å². The van der Waals surface area contributed by atoms with Crippen LogP contribution in [0.4, 0.5) is 0 Å². The van der Waals surface area contributed by atoms with Crippen molar-refractivity contribution in [2.75, 3.05) is 13.1 Å². The van der Waals surface area contributed by atoms with E-state index in [9.17, 15) is 9.90 Å². The lowest BCUT2D eigenvalue weighted by Gasteiger charge is -2.39. The van der Waals surface area contributed by atoms with Gasteiger partial charge in [-0.15, -0.1) is 0 Å².